The summed E-state index contributed by atoms with van der Waals surface area (Å²) in [6.07, 6.45) is 7.14. The predicted molar refractivity (Wildman–Crippen MR) is 51.3 cm³/mol. The third kappa shape index (κ3) is 1.27. The van der Waals surface area contributed by atoms with Gasteiger partial charge in [0.1, 0.15) is 0 Å². The van der Waals surface area contributed by atoms with Crippen molar-refractivity contribution in [3.05, 3.63) is 0 Å². The second-order valence-corrected chi connectivity index (χ2v) is 4.27. The summed E-state index contributed by atoms with van der Waals surface area (Å²) in [6, 6.07) is 0. The third-order valence-corrected chi connectivity index (χ3v) is 3.65. The summed E-state index contributed by atoms with van der Waals surface area (Å²) in [5, 5.41) is 3.28. The van der Waals surface area contributed by atoms with Gasteiger partial charge in [0.25, 0.3) is 0 Å². The Morgan fingerprint density at radius 1 is 1.25 bits per heavy atom. The summed E-state index contributed by atoms with van der Waals surface area (Å²) in [5.41, 5.74) is 0.628. The van der Waals surface area contributed by atoms with E-state index in [9.17, 15) is 0 Å². The molecule has 0 aromatic carbocycles. The Hall–Kier alpha value is -0.0800. The van der Waals surface area contributed by atoms with Crippen LogP contribution in [0.4, 0.5) is 0 Å². The molecule has 0 unspecified atom stereocenters. The van der Waals surface area contributed by atoms with Crippen molar-refractivity contribution in [2.24, 2.45) is 0 Å². The third-order valence-electron chi connectivity index (χ3n) is 3.65. The Bertz CT molecular complexity index is 146. The highest BCUT2D eigenvalue weighted by molar-refractivity contribution is 5.00. The zero-order valence-electron chi connectivity index (χ0n) is 8.10. The highest BCUT2D eigenvalue weighted by Gasteiger charge is 2.43. The lowest BCUT2D eigenvalue weighted by atomic mass is 9.90. The van der Waals surface area contributed by atoms with Gasteiger partial charge in [0.15, 0.2) is 0 Å². The van der Waals surface area contributed by atoms with Crippen LogP contribution in [0.3, 0.4) is 0 Å². The van der Waals surface area contributed by atoms with Crippen molar-refractivity contribution in [3.8, 4) is 0 Å². The van der Waals surface area contributed by atoms with E-state index in [0.717, 1.165) is 0 Å². The molecule has 0 amide bonds. The maximum absolute atomic E-state index is 3.28. The zero-order valence-corrected chi connectivity index (χ0v) is 8.10. The van der Waals surface area contributed by atoms with Crippen molar-refractivity contribution in [2.75, 3.05) is 26.7 Å². The monoisotopic (exact) mass is 168 g/mol. The van der Waals surface area contributed by atoms with Crippen molar-refractivity contribution >= 4 is 0 Å². The molecule has 0 atom stereocenters. The van der Waals surface area contributed by atoms with Gasteiger partial charge >= 0.3 is 0 Å². The van der Waals surface area contributed by atoms with Crippen LogP contribution in [-0.4, -0.2) is 37.1 Å². The van der Waals surface area contributed by atoms with Gasteiger partial charge in [0, 0.05) is 5.54 Å². The topological polar surface area (TPSA) is 15.3 Å². The molecule has 70 valence electrons. The maximum Gasteiger partial charge on any atom is 0.0222 e. The van der Waals surface area contributed by atoms with Crippen LogP contribution >= 0.6 is 0 Å². The molecular formula is C10H20N2. The van der Waals surface area contributed by atoms with Gasteiger partial charge in [-0.1, -0.05) is 0 Å². The first-order chi connectivity index (χ1) is 5.87. The Morgan fingerprint density at radius 2 is 1.92 bits per heavy atom. The summed E-state index contributed by atoms with van der Waals surface area (Å²) in [5.74, 6) is 0. The Balaban J connectivity index is 1.97. The van der Waals surface area contributed by atoms with E-state index in [4.69, 9.17) is 0 Å². The van der Waals surface area contributed by atoms with Gasteiger partial charge in [-0.2, -0.15) is 0 Å². The first kappa shape index (κ1) is 8.52. The van der Waals surface area contributed by atoms with Crippen LogP contribution in [0.2, 0.25) is 0 Å². The van der Waals surface area contributed by atoms with E-state index in [2.05, 4.69) is 17.3 Å². The second kappa shape index (κ2) is 3.35. The summed E-state index contributed by atoms with van der Waals surface area (Å²) >= 11 is 0. The van der Waals surface area contributed by atoms with Crippen LogP contribution in [0.15, 0.2) is 0 Å². The minimum absolute atomic E-state index is 0.628. The number of fused-ring (bicyclic) bond motifs is 1. The van der Waals surface area contributed by atoms with Gasteiger partial charge in [-0.3, -0.25) is 4.90 Å². The van der Waals surface area contributed by atoms with Crippen LogP contribution in [0.1, 0.15) is 32.1 Å². The van der Waals surface area contributed by atoms with Crippen molar-refractivity contribution in [3.63, 3.8) is 0 Å². The molecule has 0 aromatic rings. The van der Waals surface area contributed by atoms with E-state index in [1.54, 1.807) is 0 Å². The molecule has 0 aliphatic carbocycles. The lowest BCUT2D eigenvalue weighted by Crippen LogP contribution is -2.40. The Labute approximate surface area is 75.3 Å². The summed E-state index contributed by atoms with van der Waals surface area (Å²) in [7, 11) is 2.06. The molecule has 0 spiro atoms. The predicted octanol–water partition coefficient (Wildman–Crippen LogP) is 1.22. The molecule has 2 saturated heterocycles. The van der Waals surface area contributed by atoms with Crippen LogP contribution in [0, 0.1) is 0 Å². The molecule has 2 nitrogen and oxygen atoms in total. The van der Waals surface area contributed by atoms with Gasteiger partial charge < -0.3 is 5.32 Å². The van der Waals surface area contributed by atoms with Crippen LogP contribution in [-0.2, 0) is 0 Å². The molecule has 2 fully saturated rings. The fourth-order valence-corrected chi connectivity index (χ4v) is 2.99. The number of hydrogen-bond donors (Lipinski definition) is 1. The molecule has 2 rings (SSSR count). The summed E-state index contributed by atoms with van der Waals surface area (Å²) in [4.78, 5) is 2.73. The molecule has 0 bridgehead atoms. The van der Waals surface area contributed by atoms with E-state index in [-0.39, 0.29) is 0 Å². The molecule has 2 heteroatoms. The van der Waals surface area contributed by atoms with E-state index in [1.165, 1.54) is 51.7 Å². The van der Waals surface area contributed by atoms with E-state index in [1.807, 2.05) is 0 Å². The average molecular weight is 168 g/mol. The molecule has 0 saturated carbocycles. The van der Waals surface area contributed by atoms with E-state index < -0.39 is 0 Å². The second-order valence-electron chi connectivity index (χ2n) is 4.27. The molecule has 1 N–H and O–H groups in total. The lowest BCUT2D eigenvalue weighted by Gasteiger charge is -2.32. The van der Waals surface area contributed by atoms with Gasteiger partial charge in [0.05, 0.1) is 0 Å². The normalized spacial score (nSPS) is 27.8. The minimum atomic E-state index is 0.628. The molecule has 0 radical (unpaired) electrons. The molecule has 0 aromatic heterocycles. The summed E-state index contributed by atoms with van der Waals surface area (Å²) in [6.45, 7) is 3.92. The largest absolute Gasteiger partial charge is 0.320 e. The van der Waals surface area contributed by atoms with Crippen LogP contribution < -0.4 is 5.32 Å². The highest BCUT2D eigenvalue weighted by atomic mass is 15.2. The lowest BCUT2D eigenvalue weighted by molar-refractivity contribution is 0.182. The van der Waals surface area contributed by atoms with Gasteiger partial charge in [0.2, 0.25) is 0 Å². The minimum Gasteiger partial charge on any atom is -0.320 e. The van der Waals surface area contributed by atoms with Gasteiger partial charge in [-0.05, 0) is 58.8 Å². The highest BCUT2D eigenvalue weighted by Crippen LogP contribution is 2.40. The average Bonchev–Trinajstić information content (AvgIpc) is 2.58. The SMILES string of the molecule is CNCCC12CCCN1CCC2. The fraction of sp³-hybridized carbons (Fsp3) is 1.00. The van der Waals surface area contributed by atoms with E-state index >= 15 is 0 Å². The Morgan fingerprint density at radius 3 is 2.50 bits per heavy atom. The number of hydrogen-bond acceptors (Lipinski definition) is 2. The molecular weight excluding hydrogens is 148 g/mol. The van der Waals surface area contributed by atoms with Crippen molar-refractivity contribution in [2.45, 2.75) is 37.6 Å². The number of nitrogens with zero attached hydrogens (tertiary/aromatic N) is 1. The number of rotatable bonds is 3. The fourth-order valence-electron chi connectivity index (χ4n) is 2.99. The number of nitrogens with one attached hydrogen (secondary N) is 1. The van der Waals surface area contributed by atoms with Gasteiger partial charge in [-0.15, -0.1) is 0 Å². The standard InChI is InChI=1S/C10H20N2/c1-11-7-6-10-4-2-8-12(10)9-3-5-10/h11H,2-9H2,1H3. The maximum atomic E-state index is 3.28. The van der Waals surface area contributed by atoms with Crippen molar-refractivity contribution in [1.82, 2.24) is 10.2 Å². The van der Waals surface area contributed by atoms with Gasteiger partial charge in [-0.25, -0.2) is 0 Å². The summed E-state index contributed by atoms with van der Waals surface area (Å²) < 4.78 is 0. The quantitative estimate of drug-likeness (QED) is 0.681. The Kier molecular flexibility index (Phi) is 2.37. The first-order valence-corrected chi connectivity index (χ1v) is 5.27. The first-order valence-electron chi connectivity index (χ1n) is 5.27. The van der Waals surface area contributed by atoms with Crippen LogP contribution in [0.25, 0.3) is 0 Å². The molecule has 12 heavy (non-hydrogen) atoms. The molecule has 2 aliphatic rings. The van der Waals surface area contributed by atoms with Crippen LogP contribution in [0.5, 0.6) is 0 Å². The molecule has 2 heterocycles. The van der Waals surface area contributed by atoms with Crippen molar-refractivity contribution < 1.29 is 0 Å². The van der Waals surface area contributed by atoms with Crippen molar-refractivity contribution in [1.29, 1.82) is 0 Å². The molecule has 2 aliphatic heterocycles. The zero-order chi connectivity index (χ0) is 8.44. The smallest absolute Gasteiger partial charge is 0.0222 e. The van der Waals surface area contributed by atoms with E-state index in [0.29, 0.717) is 5.54 Å².